The van der Waals surface area contributed by atoms with Gasteiger partial charge in [0.25, 0.3) is 0 Å². The molecule has 0 atom stereocenters. The van der Waals surface area contributed by atoms with Crippen molar-refractivity contribution in [2.45, 2.75) is 0 Å². The number of benzene rings is 7. The molecule has 7 aromatic carbocycles. The van der Waals surface area contributed by atoms with E-state index in [0.29, 0.717) is 5.82 Å². The third-order valence-corrected chi connectivity index (χ3v) is 9.82. The molecule has 3 aromatic heterocycles. The first-order chi connectivity index (χ1) is 25.3. The van der Waals surface area contributed by atoms with Crippen molar-refractivity contribution >= 4 is 43.5 Å². The number of aromatic nitrogens is 4. The molecule has 4 heteroatoms. The van der Waals surface area contributed by atoms with Crippen molar-refractivity contribution in [2.75, 3.05) is 0 Å². The third-order valence-electron chi connectivity index (χ3n) is 9.82. The van der Waals surface area contributed by atoms with Gasteiger partial charge in [-0.2, -0.15) is 0 Å². The van der Waals surface area contributed by atoms with Gasteiger partial charge in [0.1, 0.15) is 0 Å². The molecule has 0 N–H and O–H groups in total. The summed E-state index contributed by atoms with van der Waals surface area (Å²) in [7, 11) is 0. The first-order valence-corrected chi connectivity index (χ1v) is 17.2. The average molecular weight is 651 g/mol. The summed E-state index contributed by atoms with van der Waals surface area (Å²) in [5.74, 6) is 0.684. The minimum Gasteiger partial charge on any atom is -0.309 e. The maximum Gasteiger partial charge on any atom is 0.160 e. The fraction of sp³-hybridized carbons (Fsp3) is 0. The Morgan fingerprint density at radius 1 is 0.392 bits per heavy atom. The topological polar surface area (TPSA) is 43.6 Å². The highest BCUT2D eigenvalue weighted by Gasteiger charge is 2.21. The summed E-state index contributed by atoms with van der Waals surface area (Å²) in [6.45, 7) is 0. The van der Waals surface area contributed by atoms with Crippen LogP contribution < -0.4 is 0 Å². The smallest absolute Gasteiger partial charge is 0.160 e. The molecule has 0 aliphatic rings. The Labute approximate surface area is 295 Å². The van der Waals surface area contributed by atoms with Gasteiger partial charge in [0, 0.05) is 55.7 Å². The maximum absolute atomic E-state index is 5.17. The van der Waals surface area contributed by atoms with Crippen molar-refractivity contribution in [1.82, 2.24) is 19.5 Å². The van der Waals surface area contributed by atoms with Crippen LogP contribution in [-0.2, 0) is 0 Å². The molecule has 0 bridgehead atoms. The van der Waals surface area contributed by atoms with Crippen LogP contribution in [0, 0.1) is 0 Å². The number of rotatable bonds is 5. The van der Waals surface area contributed by atoms with E-state index in [9.17, 15) is 0 Å². The molecule has 0 amide bonds. The highest BCUT2D eigenvalue weighted by Crippen LogP contribution is 2.44. The van der Waals surface area contributed by atoms with E-state index in [1.807, 2.05) is 18.3 Å². The van der Waals surface area contributed by atoms with Crippen LogP contribution in [0.25, 0.3) is 94.2 Å². The van der Waals surface area contributed by atoms with Gasteiger partial charge in [-0.1, -0.05) is 133 Å². The normalized spacial score (nSPS) is 11.5. The minimum atomic E-state index is 0.684. The lowest BCUT2D eigenvalue weighted by atomic mass is 9.92. The summed E-state index contributed by atoms with van der Waals surface area (Å²) in [6, 6.07) is 61.6. The first-order valence-electron chi connectivity index (χ1n) is 17.2. The summed E-state index contributed by atoms with van der Waals surface area (Å²) in [4.78, 5) is 15.3. The van der Waals surface area contributed by atoms with Crippen molar-refractivity contribution < 1.29 is 0 Å². The summed E-state index contributed by atoms with van der Waals surface area (Å²) in [5, 5.41) is 5.80. The monoisotopic (exact) mass is 650 g/mol. The third kappa shape index (κ3) is 4.88. The van der Waals surface area contributed by atoms with Crippen molar-refractivity contribution in [3.8, 4) is 50.7 Å². The Morgan fingerprint density at radius 2 is 0.980 bits per heavy atom. The Morgan fingerprint density at radius 3 is 1.71 bits per heavy atom. The van der Waals surface area contributed by atoms with E-state index in [0.717, 1.165) is 72.2 Å². The van der Waals surface area contributed by atoms with Gasteiger partial charge in [-0.05, 0) is 53.4 Å². The molecule has 10 aromatic rings. The van der Waals surface area contributed by atoms with Gasteiger partial charge in [0.15, 0.2) is 5.82 Å². The van der Waals surface area contributed by atoms with Crippen molar-refractivity contribution in [2.24, 2.45) is 0 Å². The van der Waals surface area contributed by atoms with Crippen molar-refractivity contribution in [3.63, 3.8) is 0 Å². The Balaban J connectivity index is 1.28. The van der Waals surface area contributed by atoms with Crippen LogP contribution in [0.15, 0.2) is 182 Å². The van der Waals surface area contributed by atoms with Gasteiger partial charge >= 0.3 is 0 Å². The van der Waals surface area contributed by atoms with Crippen molar-refractivity contribution in [1.29, 1.82) is 0 Å². The van der Waals surface area contributed by atoms with Crippen molar-refractivity contribution in [3.05, 3.63) is 182 Å². The van der Waals surface area contributed by atoms with Gasteiger partial charge in [-0.25, -0.2) is 9.97 Å². The summed E-state index contributed by atoms with van der Waals surface area (Å²) in [6.07, 6.45) is 2.05. The second-order valence-electron chi connectivity index (χ2n) is 12.8. The van der Waals surface area contributed by atoms with Crippen LogP contribution in [0.5, 0.6) is 0 Å². The molecule has 0 saturated heterocycles. The van der Waals surface area contributed by atoms with E-state index < -0.39 is 0 Å². The lowest BCUT2D eigenvalue weighted by molar-refractivity contribution is 1.18. The molecule has 0 aliphatic heterocycles. The average Bonchev–Trinajstić information content (AvgIpc) is 3.54. The van der Waals surface area contributed by atoms with Gasteiger partial charge in [-0.3, -0.25) is 4.98 Å². The van der Waals surface area contributed by atoms with E-state index in [2.05, 4.69) is 168 Å². The van der Waals surface area contributed by atoms with E-state index in [-0.39, 0.29) is 0 Å². The van der Waals surface area contributed by atoms with E-state index in [1.165, 1.54) is 16.2 Å². The van der Waals surface area contributed by atoms with Crippen LogP contribution in [0.1, 0.15) is 0 Å². The van der Waals surface area contributed by atoms with E-state index >= 15 is 0 Å². The van der Waals surface area contributed by atoms with Crippen LogP contribution >= 0.6 is 0 Å². The van der Waals surface area contributed by atoms with Gasteiger partial charge in [0.05, 0.1) is 27.9 Å². The summed E-state index contributed by atoms with van der Waals surface area (Å²) >= 11 is 0. The largest absolute Gasteiger partial charge is 0.309 e. The molecular weight excluding hydrogens is 621 g/mol. The predicted molar refractivity (Wildman–Crippen MR) is 211 cm³/mol. The first kappa shape index (κ1) is 29.0. The Bertz CT molecular complexity index is 2840. The molecule has 238 valence electrons. The highest BCUT2D eigenvalue weighted by atomic mass is 15.0. The molecular formula is C47H30N4. The van der Waals surface area contributed by atoms with Crippen LogP contribution in [-0.4, -0.2) is 19.5 Å². The molecule has 0 saturated carbocycles. The number of pyridine rings is 1. The van der Waals surface area contributed by atoms with Gasteiger partial charge in [-0.15, -0.1) is 0 Å². The molecule has 0 fully saturated rings. The molecule has 3 heterocycles. The minimum absolute atomic E-state index is 0.684. The van der Waals surface area contributed by atoms with Crippen LogP contribution in [0.3, 0.4) is 0 Å². The number of nitrogens with zero attached hydrogens (tertiary/aromatic N) is 4. The fourth-order valence-corrected chi connectivity index (χ4v) is 7.51. The lowest BCUT2D eigenvalue weighted by Gasteiger charge is -2.15. The zero-order valence-corrected chi connectivity index (χ0v) is 27.6. The van der Waals surface area contributed by atoms with Gasteiger partial charge < -0.3 is 4.57 Å². The van der Waals surface area contributed by atoms with E-state index in [4.69, 9.17) is 15.0 Å². The Hall–Kier alpha value is -6.91. The number of hydrogen-bond acceptors (Lipinski definition) is 3. The zero-order valence-electron chi connectivity index (χ0n) is 27.6. The highest BCUT2D eigenvalue weighted by molar-refractivity contribution is 6.26. The zero-order chi connectivity index (χ0) is 33.7. The summed E-state index contributed by atoms with van der Waals surface area (Å²) < 4.78 is 2.39. The molecule has 51 heavy (non-hydrogen) atoms. The predicted octanol–water partition coefficient (Wildman–Crippen LogP) is 11.9. The number of para-hydroxylation sites is 3. The van der Waals surface area contributed by atoms with Gasteiger partial charge in [0.2, 0.25) is 0 Å². The molecule has 0 spiro atoms. The summed E-state index contributed by atoms with van der Waals surface area (Å²) in [5.41, 5.74) is 11.5. The second-order valence-corrected chi connectivity index (χ2v) is 12.8. The maximum atomic E-state index is 5.17. The molecule has 0 unspecified atom stereocenters. The molecule has 0 radical (unpaired) electrons. The Kier molecular flexibility index (Phi) is 6.78. The quantitative estimate of drug-likeness (QED) is 0.174. The van der Waals surface area contributed by atoms with E-state index in [1.54, 1.807) is 0 Å². The second kappa shape index (κ2) is 11.9. The lowest BCUT2D eigenvalue weighted by Crippen LogP contribution is -1.96. The fourth-order valence-electron chi connectivity index (χ4n) is 7.51. The van der Waals surface area contributed by atoms with Crippen LogP contribution in [0.2, 0.25) is 0 Å². The standard InChI is InChI=1S/C47H30N4/c1-4-15-31(16-5-1)41-29-42(32-17-6-2-7-18-32)50-47(49-41)34-20-14-19-33(27-34)45-39-30-48-40-25-12-10-23-36(40)38(39)28-44-46(45)37-24-11-13-26-43(37)51(44)35-21-8-3-9-22-35/h1-30H. The number of fused-ring (bicyclic) bond motifs is 6. The molecule has 0 aliphatic carbocycles. The van der Waals surface area contributed by atoms with Crippen LogP contribution in [0.4, 0.5) is 0 Å². The number of hydrogen-bond donors (Lipinski definition) is 0. The molecule has 10 rings (SSSR count). The SMILES string of the molecule is c1ccc(-c2cc(-c3ccccc3)nc(-c3cccc(-c4c5cnc6ccccc6c5cc5c4c4ccccc4n5-c4ccccc4)c3)n2)cc1. The molecule has 4 nitrogen and oxygen atoms in total.